The van der Waals surface area contributed by atoms with Crippen molar-refractivity contribution < 1.29 is 28.6 Å². The summed E-state index contributed by atoms with van der Waals surface area (Å²) in [6.07, 6.45) is 102. The molecule has 0 N–H and O–H groups in total. The van der Waals surface area contributed by atoms with Gasteiger partial charge in [-0.1, -0.05) is 281 Å². The summed E-state index contributed by atoms with van der Waals surface area (Å²) in [6, 6.07) is 0. The number of esters is 3. The fraction of sp³-hybridized carbons (Fsp3) is 0.597. The first-order chi connectivity index (χ1) is 41.0. The Bertz CT molecular complexity index is 1890. The molecule has 0 heterocycles. The van der Waals surface area contributed by atoms with E-state index < -0.39 is 6.10 Å². The fourth-order valence-corrected chi connectivity index (χ4v) is 8.72. The zero-order valence-corrected chi connectivity index (χ0v) is 53.4. The molecule has 0 aromatic carbocycles. The van der Waals surface area contributed by atoms with Crippen LogP contribution in [0.4, 0.5) is 0 Å². The highest BCUT2D eigenvalue weighted by atomic mass is 16.6. The average molecular weight is 1140 g/mol. The molecule has 0 radical (unpaired) electrons. The zero-order valence-electron chi connectivity index (χ0n) is 53.4. The number of carbonyl (C=O) groups is 3. The predicted molar refractivity (Wildman–Crippen MR) is 361 cm³/mol. The van der Waals surface area contributed by atoms with Gasteiger partial charge in [-0.25, -0.2) is 0 Å². The van der Waals surface area contributed by atoms with Gasteiger partial charge in [0.05, 0.1) is 0 Å². The van der Waals surface area contributed by atoms with Gasteiger partial charge in [0.15, 0.2) is 6.10 Å². The molecule has 466 valence electrons. The van der Waals surface area contributed by atoms with Crippen molar-refractivity contribution in [2.75, 3.05) is 13.2 Å². The quantitative estimate of drug-likeness (QED) is 0.0261. The molecule has 0 aliphatic rings. The van der Waals surface area contributed by atoms with E-state index in [9.17, 15) is 14.4 Å². The molecule has 1 atom stereocenters. The Hall–Kier alpha value is -5.23. The van der Waals surface area contributed by atoms with Crippen molar-refractivity contribution in [3.8, 4) is 0 Å². The molecule has 0 aromatic rings. The topological polar surface area (TPSA) is 78.9 Å². The van der Waals surface area contributed by atoms with Gasteiger partial charge in [-0.05, 0) is 148 Å². The highest BCUT2D eigenvalue weighted by molar-refractivity contribution is 5.71. The first-order valence-corrected chi connectivity index (χ1v) is 33.6. The van der Waals surface area contributed by atoms with Gasteiger partial charge >= 0.3 is 17.9 Å². The van der Waals surface area contributed by atoms with Gasteiger partial charge in [0.2, 0.25) is 0 Å². The van der Waals surface area contributed by atoms with E-state index in [2.05, 4.69) is 191 Å². The molecule has 0 aromatic heterocycles. The van der Waals surface area contributed by atoms with Crippen LogP contribution >= 0.6 is 0 Å². The minimum atomic E-state index is -0.813. The Kier molecular flexibility index (Phi) is 64.9. The molecular formula is C77H122O6. The lowest BCUT2D eigenvalue weighted by Crippen LogP contribution is -2.30. The van der Waals surface area contributed by atoms with E-state index in [1.807, 2.05) is 0 Å². The Morgan fingerprint density at radius 1 is 0.253 bits per heavy atom. The van der Waals surface area contributed by atoms with Gasteiger partial charge in [-0.3, -0.25) is 14.4 Å². The Labute approximate surface area is 511 Å². The molecule has 6 nitrogen and oxygen atoms in total. The molecule has 0 saturated heterocycles. The van der Waals surface area contributed by atoms with E-state index in [4.69, 9.17) is 14.2 Å². The van der Waals surface area contributed by atoms with Gasteiger partial charge in [-0.15, -0.1) is 0 Å². The monoisotopic (exact) mass is 1140 g/mol. The summed E-state index contributed by atoms with van der Waals surface area (Å²) >= 11 is 0. The highest BCUT2D eigenvalue weighted by Gasteiger charge is 2.19. The second-order valence-corrected chi connectivity index (χ2v) is 21.6. The molecule has 6 heteroatoms. The first kappa shape index (κ1) is 77.8. The number of rotatable bonds is 59. The number of ether oxygens (including phenoxy) is 3. The Balaban J connectivity index is 4.44. The predicted octanol–water partition coefficient (Wildman–Crippen LogP) is 23.4. The van der Waals surface area contributed by atoms with Crippen LogP contribution in [0.3, 0.4) is 0 Å². The Morgan fingerprint density at radius 3 is 0.759 bits per heavy atom. The van der Waals surface area contributed by atoms with E-state index in [-0.39, 0.29) is 31.1 Å². The summed E-state index contributed by atoms with van der Waals surface area (Å²) in [4.78, 5) is 38.4. The largest absolute Gasteiger partial charge is 0.462 e. The van der Waals surface area contributed by atoms with Crippen molar-refractivity contribution in [2.24, 2.45) is 0 Å². The van der Waals surface area contributed by atoms with Crippen molar-refractivity contribution in [3.63, 3.8) is 0 Å². The van der Waals surface area contributed by atoms with Crippen molar-refractivity contribution in [3.05, 3.63) is 170 Å². The van der Waals surface area contributed by atoms with E-state index in [0.717, 1.165) is 161 Å². The lowest BCUT2D eigenvalue weighted by molar-refractivity contribution is -0.167. The summed E-state index contributed by atoms with van der Waals surface area (Å²) in [5, 5.41) is 0. The second-order valence-electron chi connectivity index (χ2n) is 21.6. The van der Waals surface area contributed by atoms with Crippen LogP contribution < -0.4 is 0 Å². The van der Waals surface area contributed by atoms with E-state index in [0.29, 0.717) is 25.7 Å². The molecule has 83 heavy (non-hydrogen) atoms. The van der Waals surface area contributed by atoms with Crippen molar-refractivity contribution in [1.29, 1.82) is 0 Å². The molecule has 0 spiro atoms. The summed E-state index contributed by atoms with van der Waals surface area (Å²) in [5.41, 5.74) is 0. The summed E-state index contributed by atoms with van der Waals surface area (Å²) < 4.78 is 16.9. The molecule has 0 amide bonds. The maximum absolute atomic E-state index is 12.9. The van der Waals surface area contributed by atoms with Crippen LogP contribution in [0.25, 0.3) is 0 Å². The molecule has 0 aliphatic carbocycles. The molecule has 0 saturated carbocycles. The Morgan fingerprint density at radius 2 is 0.470 bits per heavy atom. The van der Waals surface area contributed by atoms with Crippen molar-refractivity contribution >= 4 is 17.9 Å². The van der Waals surface area contributed by atoms with Crippen molar-refractivity contribution in [2.45, 2.75) is 284 Å². The maximum Gasteiger partial charge on any atom is 0.306 e. The van der Waals surface area contributed by atoms with Gasteiger partial charge in [0, 0.05) is 19.3 Å². The summed E-state index contributed by atoms with van der Waals surface area (Å²) in [6.45, 7) is 6.30. The highest BCUT2D eigenvalue weighted by Crippen LogP contribution is 2.15. The molecule has 0 rings (SSSR count). The first-order valence-electron chi connectivity index (χ1n) is 33.6. The summed E-state index contributed by atoms with van der Waals surface area (Å²) in [5.74, 6) is -0.969. The van der Waals surface area contributed by atoms with Gasteiger partial charge in [0.1, 0.15) is 13.2 Å². The smallest absolute Gasteiger partial charge is 0.306 e. The van der Waals surface area contributed by atoms with Gasteiger partial charge < -0.3 is 14.2 Å². The standard InChI is InChI=1S/C77H122O6/c1-4-7-10-13-16-19-22-25-27-29-31-33-35-37-38-40-41-43-45-47-49-52-55-58-61-64-67-70-76(79)82-73-74(72-81-75(78)69-66-63-60-57-54-51-24-21-18-15-12-9-6-3)83-77(80)71-68-65-62-59-56-53-50-48-46-44-42-39-36-34-32-30-28-26-23-20-17-14-11-8-5-2/h7-8,10-12,15-17,19-21,24-28,31-34,37-38,41,43,47,49,55,58,74H,4-6,9,13-14,18,22-23,29-30,35-36,39-40,42,44-46,48,50-54,56-57,59-73H2,1-3H3/b10-7-,11-8-,15-12-,19-16-,20-17-,24-21-,27-25-,28-26-,33-31-,34-32-,38-37-,43-41-,49-47-,58-55-. The molecular weight excluding hydrogens is 1020 g/mol. The van der Waals surface area contributed by atoms with Crippen LogP contribution in [0, 0.1) is 0 Å². The lowest BCUT2D eigenvalue weighted by Gasteiger charge is -2.18. The number of hydrogen-bond acceptors (Lipinski definition) is 6. The fourth-order valence-electron chi connectivity index (χ4n) is 8.72. The third-order valence-electron chi connectivity index (χ3n) is 13.7. The molecule has 0 fully saturated rings. The van der Waals surface area contributed by atoms with Crippen LogP contribution in [-0.2, 0) is 28.6 Å². The summed E-state index contributed by atoms with van der Waals surface area (Å²) in [7, 11) is 0. The number of unbranched alkanes of at least 4 members (excludes halogenated alkanes) is 20. The minimum Gasteiger partial charge on any atom is -0.462 e. The van der Waals surface area contributed by atoms with Crippen LogP contribution in [0.1, 0.15) is 278 Å². The average Bonchev–Trinajstić information content (AvgIpc) is 3.49. The SMILES string of the molecule is CC/C=C\C/C=C\C/C=C\C/C=C\C/C=C\C/C=C\C/C=C\C/C=C\CCCCC(=O)OCC(COC(=O)CCCCCCC/C=C\C/C=C\CCC)OC(=O)CCCCCCCCCCCCCC/C=C\C/C=C\C/C=C\C/C=C\CC. The van der Waals surface area contributed by atoms with Crippen molar-refractivity contribution in [1.82, 2.24) is 0 Å². The second kappa shape index (κ2) is 69.3. The zero-order chi connectivity index (χ0) is 59.9. The number of carbonyl (C=O) groups excluding carboxylic acids is 3. The van der Waals surface area contributed by atoms with E-state index in [1.54, 1.807) is 0 Å². The third-order valence-corrected chi connectivity index (χ3v) is 13.7. The van der Waals surface area contributed by atoms with E-state index in [1.165, 1.54) is 70.6 Å². The minimum absolute atomic E-state index is 0.107. The number of hydrogen-bond donors (Lipinski definition) is 0. The normalized spacial score (nSPS) is 13.2. The van der Waals surface area contributed by atoms with Gasteiger partial charge in [0.25, 0.3) is 0 Å². The van der Waals surface area contributed by atoms with E-state index >= 15 is 0 Å². The third kappa shape index (κ3) is 67.4. The van der Waals surface area contributed by atoms with Crippen LogP contribution in [0.15, 0.2) is 170 Å². The molecule has 0 bridgehead atoms. The lowest BCUT2D eigenvalue weighted by atomic mass is 10.0. The van der Waals surface area contributed by atoms with Crippen LogP contribution in [0.5, 0.6) is 0 Å². The van der Waals surface area contributed by atoms with Gasteiger partial charge in [-0.2, -0.15) is 0 Å². The molecule has 1 unspecified atom stereocenters. The number of allylic oxidation sites excluding steroid dienone is 28. The maximum atomic E-state index is 12.9. The van der Waals surface area contributed by atoms with Crippen LogP contribution in [0.2, 0.25) is 0 Å². The molecule has 0 aliphatic heterocycles. The van der Waals surface area contributed by atoms with Crippen LogP contribution in [-0.4, -0.2) is 37.2 Å².